The highest BCUT2D eigenvalue weighted by Crippen LogP contribution is 2.33. The van der Waals surface area contributed by atoms with Crippen LogP contribution in [0.2, 0.25) is 0 Å². The van der Waals surface area contributed by atoms with Gasteiger partial charge in [0.05, 0.1) is 10.7 Å². The Balaban J connectivity index is 3.18. The van der Waals surface area contributed by atoms with Crippen molar-refractivity contribution in [1.29, 1.82) is 0 Å². The third-order valence-electron chi connectivity index (χ3n) is 1.81. The lowest BCUT2D eigenvalue weighted by Gasteiger charge is -2.11. The Bertz CT molecular complexity index is 451. The van der Waals surface area contributed by atoms with Crippen molar-refractivity contribution in [1.82, 2.24) is 0 Å². The summed E-state index contributed by atoms with van der Waals surface area (Å²) < 4.78 is 11.2. The standard InChI is InChI=1S/C11H10INO3/c1-3-4-16-10-8(12)5-7(11(13)14)6-9(10)15-2/h1,5-6H,4H2,2H3,(H2,13,14). The molecule has 1 amide bonds. The molecule has 84 valence electrons. The summed E-state index contributed by atoms with van der Waals surface area (Å²) in [6.45, 7) is 0.141. The number of benzene rings is 1. The van der Waals surface area contributed by atoms with E-state index in [1.165, 1.54) is 13.2 Å². The fourth-order valence-corrected chi connectivity index (χ4v) is 1.87. The van der Waals surface area contributed by atoms with Crippen LogP contribution in [0, 0.1) is 15.9 Å². The average molecular weight is 331 g/mol. The first-order valence-electron chi connectivity index (χ1n) is 4.33. The molecule has 2 N–H and O–H groups in total. The SMILES string of the molecule is C#CCOc1c(I)cc(C(N)=O)cc1OC. The highest BCUT2D eigenvalue weighted by molar-refractivity contribution is 14.1. The molecule has 1 aromatic rings. The Morgan fingerprint density at radius 3 is 2.81 bits per heavy atom. The molecule has 1 rings (SSSR count). The number of terminal acetylenes is 1. The third kappa shape index (κ3) is 2.79. The molecule has 0 aliphatic rings. The minimum atomic E-state index is -0.514. The second-order valence-electron chi connectivity index (χ2n) is 2.85. The zero-order valence-corrected chi connectivity index (χ0v) is 10.8. The first-order chi connectivity index (χ1) is 7.60. The predicted molar refractivity (Wildman–Crippen MR) is 68.6 cm³/mol. The van der Waals surface area contributed by atoms with Gasteiger partial charge in [-0.05, 0) is 34.7 Å². The number of nitrogens with two attached hydrogens (primary N) is 1. The van der Waals surface area contributed by atoms with E-state index in [1.807, 2.05) is 22.6 Å². The molecular formula is C11H10INO3. The Kier molecular flexibility index (Phi) is 4.43. The Labute approximate surface area is 107 Å². The van der Waals surface area contributed by atoms with Crippen LogP contribution in [0.25, 0.3) is 0 Å². The van der Waals surface area contributed by atoms with Crippen LogP contribution >= 0.6 is 22.6 Å². The second-order valence-corrected chi connectivity index (χ2v) is 4.01. The maximum absolute atomic E-state index is 11.0. The summed E-state index contributed by atoms with van der Waals surface area (Å²) in [7, 11) is 1.49. The van der Waals surface area contributed by atoms with Crippen LogP contribution in [0.4, 0.5) is 0 Å². The van der Waals surface area contributed by atoms with Crippen LogP contribution in [-0.4, -0.2) is 19.6 Å². The lowest BCUT2D eigenvalue weighted by Crippen LogP contribution is -2.12. The van der Waals surface area contributed by atoms with Gasteiger partial charge in [0.1, 0.15) is 6.61 Å². The largest absolute Gasteiger partial charge is 0.493 e. The number of hydrogen-bond acceptors (Lipinski definition) is 3. The van der Waals surface area contributed by atoms with Crippen LogP contribution in [0.1, 0.15) is 10.4 Å². The van der Waals surface area contributed by atoms with Crippen LogP contribution in [-0.2, 0) is 0 Å². The summed E-state index contributed by atoms with van der Waals surface area (Å²) >= 11 is 2.03. The number of amides is 1. The Morgan fingerprint density at radius 1 is 1.62 bits per heavy atom. The maximum atomic E-state index is 11.0. The zero-order valence-electron chi connectivity index (χ0n) is 8.62. The summed E-state index contributed by atoms with van der Waals surface area (Å²) in [5.74, 6) is 2.81. The van der Waals surface area contributed by atoms with Gasteiger partial charge >= 0.3 is 0 Å². The number of halogens is 1. The molecule has 0 heterocycles. The van der Waals surface area contributed by atoms with Crippen molar-refractivity contribution in [3.8, 4) is 23.8 Å². The van der Waals surface area contributed by atoms with Crippen molar-refractivity contribution in [2.75, 3.05) is 13.7 Å². The van der Waals surface area contributed by atoms with Gasteiger partial charge < -0.3 is 15.2 Å². The van der Waals surface area contributed by atoms with Crippen LogP contribution in [0.3, 0.4) is 0 Å². The predicted octanol–water partition coefficient (Wildman–Crippen LogP) is 1.41. The minimum Gasteiger partial charge on any atom is -0.493 e. The van der Waals surface area contributed by atoms with Crippen molar-refractivity contribution in [2.45, 2.75) is 0 Å². The van der Waals surface area contributed by atoms with Gasteiger partial charge in [0.15, 0.2) is 11.5 Å². The first kappa shape index (κ1) is 12.6. The van der Waals surface area contributed by atoms with E-state index in [0.717, 1.165) is 3.57 Å². The summed E-state index contributed by atoms with van der Waals surface area (Å²) in [5.41, 5.74) is 5.56. The van der Waals surface area contributed by atoms with Crippen molar-refractivity contribution in [3.63, 3.8) is 0 Å². The fourth-order valence-electron chi connectivity index (χ4n) is 1.12. The van der Waals surface area contributed by atoms with Gasteiger partial charge in [-0.1, -0.05) is 5.92 Å². The quantitative estimate of drug-likeness (QED) is 0.670. The average Bonchev–Trinajstić information content (AvgIpc) is 2.26. The molecule has 0 fully saturated rings. The van der Waals surface area contributed by atoms with Crippen molar-refractivity contribution in [3.05, 3.63) is 21.3 Å². The molecule has 0 saturated heterocycles. The van der Waals surface area contributed by atoms with E-state index in [9.17, 15) is 4.79 Å². The maximum Gasteiger partial charge on any atom is 0.248 e. The number of carbonyl (C=O) groups excluding carboxylic acids is 1. The Morgan fingerprint density at radius 2 is 2.31 bits per heavy atom. The molecule has 5 heteroatoms. The van der Waals surface area contributed by atoms with Crippen molar-refractivity contribution < 1.29 is 14.3 Å². The molecule has 4 nitrogen and oxygen atoms in total. The molecular weight excluding hydrogens is 321 g/mol. The topological polar surface area (TPSA) is 61.5 Å². The molecule has 0 bridgehead atoms. The van der Waals surface area contributed by atoms with E-state index >= 15 is 0 Å². The molecule has 0 unspecified atom stereocenters. The summed E-state index contributed by atoms with van der Waals surface area (Å²) in [5, 5.41) is 0. The molecule has 0 spiro atoms. The molecule has 0 aromatic heterocycles. The zero-order chi connectivity index (χ0) is 12.1. The van der Waals surface area contributed by atoms with E-state index in [-0.39, 0.29) is 6.61 Å². The normalized spacial score (nSPS) is 9.31. The fraction of sp³-hybridized carbons (Fsp3) is 0.182. The molecule has 16 heavy (non-hydrogen) atoms. The molecule has 0 saturated carbocycles. The highest BCUT2D eigenvalue weighted by atomic mass is 127. The van der Waals surface area contributed by atoms with E-state index in [1.54, 1.807) is 6.07 Å². The van der Waals surface area contributed by atoms with E-state index in [2.05, 4.69) is 5.92 Å². The number of ether oxygens (including phenoxy) is 2. The number of methoxy groups -OCH3 is 1. The van der Waals surface area contributed by atoms with Gasteiger partial charge in [-0.15, -0.1) is 6.42 Å². The number of carbonyl (C=O) groups is 1. The molecule has 1 aromatic carbocycles. The molecule has 0 aliphatic carbocycles. The van der Waals surface area contributed by atoms with E-state index in [4.69, 9.17) is 21.6 Å². The summed E-state index contributed by atoms with van der Waals surface area (Å²) in [6, 6.07) is 3.15. The van der Waals surface area contributed by atoms with Crippen molar-refractivity contribution in [2.24, 2.45) is 5.73 Å². The monoisotopic (exact) mass is 331 g/mol. The number of rotatable bonds is 4. The summed E-state index contributed by atoms with van der Waals surface area (Å²) in [6.07, 6.45) is 5.10. The van der Waals surface area contributed by atoms with E-state index < -0.39 is 5.91 Å². The molecule has 0 radical (unpaired) electrons. The summed E-state index contributed by atoms with van der Waals surface area (Å²) in [4.78, 5) is 11.0. The Hall–Kier alpha value is -1.42. The van der Waals surface area contributed by atoms with Gasteiger partial charge in [0.25, 0.3) is 0 Å². The number of primary amides is 1. The molecule has 0 aliphatic heterocycles. The number of hydrogen-bond donors (Lipinski definition) is 1. The first-order valence-corrected chi connectivity index (χ1v) is 5.41. The van der Waals surface area contributed by atoms with Gasteiger partial charge in [0.2, 0.25) is 5.91 Å². The van der Waals surface area contributed by atoms with Crippen LogP contribution in [0.15, 0.2) is 12.1 Å². The third-order valence-corrected chi connectivity index (χ3v) is 2.62. The highest BCUT2D eigenvalue weighted by Gasteiger charge is 2.13. The molecule has 0 atom stereocenters. The lowest BCUT2D eigenvalue weighted by atomic mass is 10.2. The van der Waals surface area contributed by atoms with Crippen LogP contribution < -0.4 is 15.2 Å². The minimum absolute atomic E-state index is 0.141. The second kappa shape index (κ2) is 5.61. The van der Waals surface area contributed by atoms with Gasteiger partial charge in [0, 0.05) is 5.56 Å². The van der Waals surface area contributed by atoms with Gasteiger partial charge in [-0.25, -0.2) is 0 Å². The van der Waals surface area contributed by atoms with Gasteiger partial charge in [-0.3, -0.25) is 4.79 Å². The van der Waals surface area contributed by atoms with Gasteiger partial charge in [-0.2, -0.15) is 0 Å². The van der Waals surface area contributed by atoms with Crippen molar-refractivity contribution >= 4 is 28.5 Å². The van der Waals surface area contributed by atoms with E-state index in [0.29, 0.717) is 17.1 Å². The smallest absolute Gasteiger partial charge is 0.248 e. The lowest BCUT2D eigenvalue weighted by molar-refractivity contribution is 0.1000. The van der Waals surface area contributed by atoms with Crippen LogP contribution in [0.5, 0.6) is 11.5 Å².